The average Bonchev–Trinajstić information content (AvgIpc) is 4.08. The molecule has 12 aromatic rings. The molecule has 1 aliphatic rings. The molecule has 10 aromatic carbocycles. The lowest BCUT2D eigenvalue weighted by molar-refractivity contribution is 0.619. The van der Waals surface area contributed by atoms with Gasteiger partial charge in [-0.1, -0.05) is 128 Å². The highest BCUT2D eigenvalue weighted by Gasteiger charge is 2.19. The number of hydrogen-bond donors (Lipinski definition) is 0. The molecule has 2 aromatic heterocycles. The molecule has 0 amide bonds. The fourth-order valence-corrected chi connectivity index (χ4v) is 9.91. The first-order valence-electron chi connectivity index (χ1n) is 24.2. The van der Waals surface area contributed by atoms with Crippen LogP contribution in [0.5, 0.6) is 0 Å². The van der Waals surface area contributed by atoms with E-state index in [4.69, 9.17) is 18.8 Å². The van der Waals surface area contributed by atoms with E-state index < -0.39 is 0 Å². The van der Waals surface area contributed by atoms with E-state index in [1.807, 2.05) is 48.5 Å². The molecule has 1 unspecified atom stereocenters. The minimum atomic E-state index is 0.535. The van der Waals surface area contributed by atoms with Gasteiger partial charge in [0.2, 0.25) is 11.8 Å². The highest BCUT2D eigenvalue weighted by molar-refractivity contribution is 5.90. The molecule has 0 bridgehead atoms. The molecule has 0 N–H and O–H groups in total. The van der Waals surface area contributed by atoms with E-state index in [0.29, 0.717) is 17.7 Å². The smallest absolute Gasteiger partial charge is 0.227 e. The Bertz CT molecular complexity index is 3840. The molecule has 1 aliphatic carbocycles. The Hall–Kier alpha value is -9.26. The Morgan fingerprint density at radius 1 is 0.380 bits per heavy atom. The number of oxazole rings is 2. The van der Waals surface area contributed by atoms with Gasteiger partial charge in [0.1, 0.15) is 11.0 Å². The first-order valence-corrected chi connectivity index (χ1v) is 24.2. The van der Waals surface area contributed by atoms with Gasteiger partial charge in [0.15, 0.2) is 11.2 Å². The van der Waals surface area contributed by atoms with E-state index >= 15 is 0 Å². The first kappa shape index (κ1) is 41.9. The van der Waals surface area contributed by atoms with Gasteiger partial charge in [-0.25, -0.2) is 9.97 Å². The number of allylic oxidation sites excluding steroid dienone is 1. The molecule has 0 fully saturated rings. The molecule has 0 saturated carbocycles. The van der Waals surface area contributed by atoms with Crippen LogP contribution < -0.4 is 9.80 Å². The fourth-order valence-electron chi connectivity index (χ4n) is 9.91. The van der Waals surface area contributed by atoms with Crippen LogP contribution in [0.15, 0.2) is 245 Å². The molecule has 6 nitrogen and oxygen atoms in total. The predicted molar refractivity (Wildman–Crippen MR) is 292 cm³/mol. The lowest BCUT2D eigenvalue weighted by Gasteiger charge is -2.27. The van der Waals surface area contributed by atoms with Crippen molar-refractivity contribution in [1.29, 1.82) is 0 Å². The van der Waals surface area contributed by atoms with E-state index in [1.165, 1.54) is 21.9 Å². The van der Waals surface area contributed by atoms with Crippen molar-refractivity contribution < 1.29 is 8.83 Å². The van der Waals surface area contributed by atoms with E-state index in [1.54, 1.807) is 0 Å². The molecular weight excluding hydrogens is 869 g/mol. The summed E-state index contributed by atoms with van der Waals surface area (Å²) in [6.45, 7) is 2.27. The Balaban J connectivity index is 0.776. The zero-order chi connectivity index (χ0) is 47.3. The molecule has 338 valence electrons. The number of para-hydroxylation sites is 4. The second-order valence-electron chi connectivity index (χ2n) is 18.4. The van der Waals surface area contributed by atoms with Gasteiger partial charge in [-0.2, -0.15) is 0 Å². The van der Waals surface area contributed by atoms with Gasteiger partial charge < -0.3 is 18.6 Å². The molecule has 2 heterocycles. The summed E-state index contributed by atoms with van der Waals surface area (Å²) in [6, 6.07) is 81.3. The highest BCUT2D eigenvalue weighted by atomic mass is 16.4. The maximum Gasteiger partial charge on any atom is 0.227 e. The van der Waals surface area contributed by atoms with Crippen LogP contribution >= 0.6 is 0 Å². The third kappa shape index (κ3) is 8.11. The van der Waals surface area contributed by atoms with Gasteiger partial charge in [-0.3, -0.25) is 0 Å². The maximum atomic E-state index is 6.12. The lowest BCUT2D eigenvalue weighted by Crippen LogP contribution is -2.11. The minimum absolute atomic E-state index is 0.535. The fraction of sp³-hybridized carbons (Fsp3) is 0.0462. The number of anilines is 6. The van der Waals surface area contributed by atoms with Crippen LogP contribution in [0.3, 0.4) is 0 Å². The molecule has 0 spiro atoms. The predicted octanol–water partition coefficient (Wildman–Crippen LogP) is 17.9. The minimum Gasteiger partial charge on any atom is -0.436 e. The number of rotatable bonds is 10. The summed E-state index contributed by atoms with van der Waals surface area (Å²) in [6.07, 6.45) is 5.63. The maximum absolute atomic E-state index is 6.12. The Kier molecular flexibility index (Phi) is 10.4. The molecule has 0 saturated heterocycles. The zero-order valence-corrected chi connectivity index (χ0v) is 39.0. The monoisotopic (exact) mass is 914 g/mol. The summed E-state index contributed by atoms with van der Waals surface area (Å²) in [5.74, 6) is 1.76. The van der Waals surface area contributed by atoms with Gasteiger partial charge in [-0.15, -0.1) is 0 Å². The summed E-state index contributed by atoms with van der Waals surface area (Å²) < 4.78 is 12.2. The molecule has 71 heavy (non-hydrogen) atoms. The SMILES string of the molecule is CC1C=Cc2cc(N(c3ccc(-c4ccc(-c5ccc(N(c6ccc(-c7nc8ccccc8o7)cc6)c6ccc7ccccc7c6)cc5)cc4)cc3)c3ccc(-c4nc5ccccc5o4)cc3)ccc2C1. The van der Waals surface area contributed by atoms with Crippen LogP contribution in [0.2, 0.25) is 0 Å². The van der Waals surface area contributed by atoms with Crippen molar-refractivity contribution in [3.8, 4) is 45.2 Å². The number of aromatic nitrogens is 2. The van der Waals surface area contributed by atoms with Crippen molar-refractivity contribution in [1.82, 2.24) is 9.97 Å². The van der Waals surface area contributed by atoms with Crippen molar-refractivity contribution in [2.24, 2.45) is 5.92 Å². The van der Waals surface area contributed by atoms with Crippen molar-refractivity contribution in [2.75, 3.05) is 9.80 Å². The van der Waals surface area contributed by atoms with Gasteiger partial charge in [0, 0.05) is 45.3 Å². The van der Waals surface area contributed by atoms with Crippen LogP contribution in [-0.4, -0.2) is 9.97 Å². The molecule has 13 rings (SSSR count). The lowest BCUT2D eigenvalue weighted by atomic mass is 9.90. The Morgan fingerprint density at radius 3 is 1.27 bits per heavy atom. The summed E-state index contributed by atoms with van der Waals surface area (Å²) in [7, 11) is 0. The van der Waals surface area contributed by atoms with Crippen molar-refractivity contribution in [2.45, 2.75) is 13.3 Å². The third-order valence-electron chi connectivity index (χ3n) is 13.7. The van der Waals surface area contributed by atoms with Gasteiger partial charge >= 0.3 is 0 Å². The van der Waals surface area contributed by atoms with Crippen LogP contribution in [0.1, 0.15) is 18.1 Å². The van der Waals surface area contributed by atoms with Crippen LogP contribution in [0, 0.1) is 5.92 Å². The molecule has 0 aliphatic heterocycles. The van der Waals surface area contributed by atoms with E-state index in [2.05, 4.69) is 211 Å². The van der Waals surface area contributed by atoms with Gasteiger partial charge in [-0.05, 0) is 178 Å². The zero-order valence-electron chi connectivity index (χ0n) is 39.0. The number of hydrogen-bond acceptors (Lipinski definition) is 6. The molecule has 0 radical (unpaired) electrons. The van der Waals surface area contributed by atoms with E-state index in [0.717, 1.165) is 96.1 Å². The topological polar surface area (TPSA) is 58.5 Å². The standard InChI is InChI=1S/C65H46N4O2/c1-43-14-15-53-42-59(39-29-52(53)40-43)69(57-36-27-50(28-37-57)65-67-61-11-5-7-13-63(61)71-65)55-32-22-48(23-33-55)46-18-16-45(17-19-46)47-20-30-54(31-21-47)68(58-38-24-44-8-2-3-9-51(44)41-58)56-34-25-49(26-35-56)64-66-60-10-4-6-12-62(60)70-64/h2-39,41-43H,40H2,1H3. The quantitative estimate of drug-likeness (QED) is 0.136. The van der Waals surface area contributed by atoms with E-state index in [9.17, 15) is 0 Å². The third-order valence-corrected chi connectivity index (χ3v) is 13.7. The van der Waals surface area contributed by atoms with Crippen LogP contribution in [0.4, 0.5) is 34.1 Å². The van der Waals surface area contributed by atoms with Crippen molar-refractivity contribution in [3.05, 3.63) is 248 Å². The van der Waals surface area contributed by atoms with Gasteiger partial charge in [0.25, 0.3) is 0 Å². The highest BCUT2D eigenvalue weighted by Crippen LogP contribution is 2.41. The second kappa shape index (κ2) is 17.7. The second-order valence-corrected chi connectivity index (χ2v) is 18.4. The van der Waals surface area contributed by atoms with Crippen molar-refractivity contribution in [3.63, 3.8) is 0 Å². The molecule has 1 atom stereocenters. The molecule has 6 heteroatoms. The number of fused-ring (bicyclic) bond motifs is 4. The number of benzene rings is 10. The van der Waals surface area contributed by atoms with Crippen LogP contribution in [-0.2, 0) is 6.42 Å². The normalized spacial score (nSPS) is 13.2. The van der Waals surface area contributed by atoms with Crippen molar-refractivity contribution >= 4 is 73.2 Å². The largest absolute Gasteiger partial charge is 0.436 e. The summed E-state index contributed by atoms with van der Waals surface area (Å²) in [5, 5.41) is 2.39. The Morgan fingerprint density at radius 2 is 0.775 bits per heavy atom. The van der Waals surface area contributed by atoms with Gasteiger partial charge in [0.05, 0.1) is 0 Å². The first-order chi connectivity index (χ1) is 35.0. The van der Waals surface area contributed by atoms with Crippen LogP contribution in [0.25, 0.3) is 84.2 Å². The summed E-state index contributed by atoms with van der Waals surface area (Å²) in [4.78, 5) is 14.1. The summed E-state index contributed by atoms with van der Waals surface area (Å²) in [5.41, 5.74) is 18.8. The Labute approximate surface area is 412 Å². The van der Waals surface area contributed by atoms with E-state index in [-0.39, 0.29) is 0 Å². The summed E-state index contributed by atoms with van der Waals surface area (Å²) >= 11 is 0. The number of nitrogens with zero attached hydrogens (tertiary/aromatic N) is 4. The molecular formula is C65H46N4O2. The average molecular weight is 915 g/mol.